The summed E-state index contributed by atoms with van der Waals surface area (Å²) in [6.45, 7) is 8.84. The van der Waals surface area contributed by atoms with Gasteiger partial charge in [-0.25, -0.2) is 0 Å². The highest BCUT2D eigenvalue weighted by Crippen LogP contribution is 2.08. The topological polar surface area (TPSA) is 44.7 Å². The molecule has 0 aliphatic carbocycles. The van der Waals surface area contributed by atoms with Crippen LogP contribution >= 0.6 is 0 Å². The molecule has 1 aliphatic rings. The molecule has 0 saturated carbocycles. The molecule has 0 unspecified atom stereocenters. The summed E-state index contributed by atoms with van der Waals surface area (Å²) in [7, 11) is 1.83. The molecule has 0 aromatic carbocycles. The van der Waals surface area contributed by atoms with Gasteiger partial charge in [0.25, 0.3) is 0 Å². The molecule has 96 valence electrons. The summed E-state index contributed by atoms with van der Waals surface area (Å²) in [5, 5.41) is 3.21. The van der Waals surface area contributed by atoms with Gasteiger partial charge in [0, 0.05) is 33.4 Å². The second kappa shape index (κ2) is 7.01. The molecule has 1 rings (SSSR count). The number of allylic oxidation sites excluding steroid dienone is 1. The molecule has 0 bridgehead atoms. The van der Waals surface area contributed by atoms with E-state index >= 15 is 0 Å². The Morgan fingerprint density at radius 2 is 2.41 bits per heavy atom. The molecule has 1 atom stereocenters. The van der Waals surface area contributed by atoms with Gasteiger partial charge < -0.3 is 10.2 Å². The van der Waals surface area contributed by atoms with Crippen molar-refractivity contribution in [2.75, 3.05) is 20.1 Å². The number of carbonyl (C=O) groups excluding carboxylic acids is 1. The lowest BCUT2D eigenvalue weighted by Crippen LogP contribution is -2.42. The molecule has 1 aliphatic heterocycles. The van der Waals surface area contributed by atoms with Gasteiger partial charge in [0.1, 0.15) is 0 Å². The molecule has 0 aromatic heterocycles. The second-order valence-corrected chi connectivity index (χ2v) is 4.17. The summed E-state index contributed by atoms with van der Waals surface area (Å²) in [5.41, 5.74) is 0.860. The molecular weight excluding hydrogens is 214 g/mol. The van der Waals surface area contributed by atoms with Crippen LogP contribution in [0.2, 0.25) is 0 Å². The third-order valence-corrected chi connectivity index (χ3v) is 2.93. The maximum Gasteiger partial charge on any atom is 0.239 e. The molecule has 1 amide bonds. The zero-order chi connectivity index (χ0) is 12.7. The van der Waals surface area contributed by atoms with Gasteiger partial charge in [-0.1, -0.05) is 13.2 Å². The van der Waals surface area contributed by atoms with Crippen LogP contribution in [0.1, 0.15) is 20.7 Å². The minimum absolute atomic E-state index is 0. The number of rotatable bonds is 6. The van der Waals surface area contributed by atoms with Crippen molar-refractivity contribution in [2.24, 2.45) is 4.99 Å². The van der Waals surface area contributed by atoms with E-state index in [-0.39, 0.29) is 13.4 Å². The van der Waals surface area contributed by atoms with Gasteiger partial charge in [-0.3, -0.25) is 9.79 Å². The third kappa shape index (κ3) is 4.15. The van der Waals surface area contributed by atoms with E-state index in [1.165, 1.54) is 6.20 Å². The standard InChI is InChI=1S/C13H21N3O.H2/c1-4-11(14-5-2)8-10-16(3)13(17)12-7-6-9-15-12;/h4-5,12,15H,1-2,6-10H2,3H3;1H/t12-;/m0./s1. The average molecular weight is 237 g/mol. The monoisotopic (exact) mass is 237 g/mol. The summed E-state index contributed by atoms with van der Waals surface area (Å²) in [5.74, 6) is 0.171. The Balaban J connectivity index is 0.00000289. The van der Waals surface area contributed by atoms with Crippen molar-refractivity contribution in [1.82, 2.24) is 10.2 Å². The maximum absolute atomic E-state index is 12.0. The summed E-state index contributed by atoms with van der Waals surface area (Å²) in [4.78, 5) is 17.8. The number of likely N-dealkylation sites (N-methyl/N-ethyl adjacent to an activating group) is 1. The number of nitrogens with one attached hydrogen (secondary N) is 1. The predicted molar refractivity (Wildman–Crippen MR) is 73.2 cm³/mol. The van der Waals surface area contributed by atoms with E-state index in [0.29, 0.717) is 13.0 Å². The van der Waals surface area contributed by atoms with E-state index in [4.69, 9.17) is 0 Å². The van der Waals surface area contributed by atoms with Crippen LogP contribution < -0.4 is 5.32 Å². The van der Waals surface area contributed by atoms with Gasteiger partial charge in [-0.05, 0) is 25.5 Å². The van der Waals surface area contributed by atoms with Crippen LogP contribution in [0, 0.1) is 0 Å². The van der Waals surface area contributed by atoms with Gasteiger partial charge >= 0.3 is 0 Å². The van der Waals surface area contributed by atoms with Crippen molar-refractivity contribution in [3.8, 4) is 0 Å². The van der Waals surface area contributed by atoms with Gasteiger partial charge in [-0.15, -0.1) is 0 Å². The highest BCUT2D eigenvalue weighted by molar-refractivity contribution is 5.95. The van der Waals surface area contributed by atoms with Crippen molar-refractivity contribution in [3.63, 3.8) is 0 Å². The average Bonchev–Trinajstić information content (AvgIpc) is 2.86. The Morgan fingerprint density at radius 3 is 2.94 bits per heavy atom. The van der Waals surface area contributed by atoms with Crippen LogP contribution in [0.4, 0.5) is 0 Å². The lowest BCUT2D eigenvalue weighted by molar-refractivity contribution is -0.131. The van der Waals surface area contributed by atoms with Gasteiger partial charge in [-0.2, -0.15) is 0 Å². The van der Waals surface area contributed by atoms with E-state index in [1.54, 1.807) is 11.0 Å². The Bertz CT molecular complexity index is 322. The number of aliphatic imine (C=N–C) groups is 1. The predicted octanol–water partition coefficient (Wildman–Crippen LogP) is 1.60. The van der Waals surface area contributed by atoms with E-state index < -0.39 is 0 Å². The molecule has 4 nitrogen and oxygen atoms in total. The first-order chi connectivity index (χ1) is 8.19. The summed E-state index contributed by atoms with van der Waals surface area (Å²) in [6.07, 6.45) is 5.94. The lowest BCUT2D eigenvalue weighted by Gasteiger charge is -2.21. The normalized spacial score (nSPS) is 20.1. The molecular formula is C13H23N3O. The smallest absolute Gasteiger partial charge is 0.239 e. The molecule has 17 heavy (non-hydrogen) atoms. The number of carbonyl (C=O) groups is 1. The van der Waals surface area contributed by atoms with Crippen molar-refractivity contribution in [3.05, 3.63) is 25.4 Å². The zero-order valence-corrected chi connectivity index (χ0v) is 10.5. The van der Waals surface area contributed by atoms with Crippen LogP contribution in [-0.2, 0) is 4.79 Å². The molecule has 1 saturated heterocycles. The van der Waals surface area contributed by atoms with Gasteiger partial charge in [0.15, 0.2) is 0 Å². The van der Waals surface area contributed by atoms with Crippen molar-refractivity contribution < 1.29 is 6.22 Å². The van der Waals surface area contributed by atoms with Crippen LogP contribution in [0.3, 0.4) is 0 Å². The SMILES string of the molecule is C=CN=C(C=C)CCN(C)C(=O)[C@@H]1CCCN1.[HH]. The van der Waals surface area contributed by atoms with E-state index in [9.17, 15) is 4.79 Å². The molecule has 0 aromatic rings. The van der Waals surface area contributed by atoms with Crippen molar-refractivity contribution >= 4 is 11.6 Å². The lowest BCUT2D eigenvalue weighted by atomic mass is 10.2. The van der Waals surface area contributed by atoms with E-state index in [1.807, 2.05) is 7.05 Å². The Kier molecular flexibility index (Phi) is 5.63. The minimum atomic E-state index is 0. The Hall–Kier alpha value is -1.42. The zero-order valence-electron chi connectivity index (χ0n) is 10.5. The van der Waals surface area contributed by atoms with Crippen molar-refractivity contribution in [2.45, 2.75) is 25.3 Å². The Labute approximate surface area is 105 Å². The van der Waals surface area contributed by atoms with Crippen molar-refractivity contribution in [1.29, 1.82) is 0 Å². The fraction of sp³-hybridized carbons (Fsp3) is 0.538. The summed E-state index contributed by atoms with van der Waals surface area (Å²) >= 11 is 0. The fourth-order valence-corrected chi connectivity index (χ4v) is 1.89. The summed E-state index contributed by atoms with van der Waals surface area (Å²) < 4.78 is 0. The minimum Gasteiger partial charge on any atom is -0.344 e. The molecule has 0 radical (unpaired) electrons. The first kappa shape index (κ1) is 13.6. The first-order valence-electron chi connectivity index (χ1n) is 5.97. The van der Waals surface area contributed by atoms with Crippen LogP contribution in [0.25, 0.3) is 0 Å². The number of nitrogens with zero attached hydrogens (tertiary/aromatic N) is 2. The highest BCUT2D eigenvalue weighted by Gasteiger charge is 2.24. The highest BCUT2D eigenvalue weighted by atomic mass is 16.2. The Morgan fingerprint density at radius 1 is 1.65 bits per heavy atom. The van der Waals surface area contributed by atoms with Gasteiger partial charge in [0.05, 0.1) is 6.04 Å². The number of amides is 1. The first-order valence-corrected chi connectivity index (χ1v) is 5.97. The summed E-state index contributed by atoms with van der Waals surface area (Å²) in [6, 6.07) is 0.00326. The van der Waals surface area contributed by atoms with Crippen LogP contribution in [0.15, 0.2) is 30.4 Å². The van der Waals surface area contributed by atoms with Crippen LogP contribution in [-0.4, -0.2) is 42.7 Å². The quantitative estimate of drug-likeness (QED) is 0.713. The van der Waals surface area contributed by atoms with E-state index in [0.717, 1.165) is 25.1 Å². The second-order valence-electron chi connectivity index (χ2n) is 4.17. The molecule has 1 N–H and O–H groups in total. The van der Waals surface area contributed by atoms with Gasteiger partial charge in [0.2, 0.25) is 5.91 Å². The molecule has 0 spiro atoms. The van der Waals surface area contributed by atoms with E-state index in [2.05, 4.69) is 23.5 Å². The number of hydrogen-bond donors (Lipinski definition) is 1. The number of hydrogen-bond acceptors (Lipinski definition) is 3. The molecule has 1 heterocycles. The molecule has 1 fully saturated rings. The molecule has 4 heteroatoms. The fourth-order valence-electron chi connectivity index (χ4n) is 1.89. The third-order valence-electron chi connectivity index (χ3n) is 2.93. The largest absolute Gasteiger partial charge is 0.344 e. The van der Waals surface area contributed by atoms with Crippen LogP contribution in [0.5, 0.6) is 0 Å². The maximum atomic E-state index is 12.0.